The first kappa shape index (κ1) is 11.9. The molecule has 3 aromatic rings. The standard InChI is InChI=1S/C13H8BrN3O2/c14-10-6-5-8(17(18)19)7-9(10)13-15-11-3-1-2-4-12(11)16-13/h1-7H,(H,15,16). The van der Waals surface area contributed by atoms with Crippen molar-refractivity contribution >= 4 is 32.7 Å². The summed E-state index contributed by atoms with van der Waals surface area (Å²) in [5.41, 5.74) is 2.44. The van der Waals surface area contributed by atoms with Crippen LogP contribution in [-0.4, -0.2) is 14.9 Å². The Balaban J connectivity index is 2.20. The average molecular weight is 318 g/mol. The maximum Gasteiger partial charge on any atom is 0.270 e. The van der Waals surface area contributed by atoms with E-state index in [-0.39, 0.29) is 5.69 Å². The van der Waals surface area contributed by atoms with E-state index in [9.17, 15) is 10.1 Å². The molecule has 6 heteroatoms. The van der Waals surface area contributed by atoms with Crippen LogP contribution in [0.3, 0.4) is 0 Å². The molecule has 0 aliphatic heterocycles. The van der Waals surface area contributed by atoms with Gasteiger partial charge >= 0.3 is 0 Å². The van der Waals surface area contributed by atoms with Crippen molar-refractivity contribution in [2.75, 3.05) is 0 Å². The first-order valence-electron chi connectivity index (χ1n) is 5.54. The summed E-state index contributed by atoms with van der Waals surface area (Å²) >= 11 is 3.39. The van der Waals surface area contributed by atoms with E-state index in [4.69, 9.17) is 0 Å². The molecule has 2 aromatic carbocycles. The number of hydrogen-bond acceptors (Lipinski definition) is 3. The van der Waals surface area contributed by atoms with Gasteiger partial charge in [-0.1, -0.05) is 28.1 Å². The number of aromatic nitrogens is 2. The van der Waals surface area contributed by atoms with Gasteiger partial charge in [0.2, 0.25) is 0 Å². The minimum Gasteiger partial charge on any atom is -0.338 e. The first-order valence-corrected chi connectivity index (χ1v) is 6.33. The smallest absolute Gasteiger partial charge is 0.270 e. The minimum absolute atomic E-state index is 0.0404. The van der Waals surface area contributed by atoms with Crippen molar-refractivity contribution in [2.45, 2.75) is 0 Å². The molecule has 3 rings (SSSR count). The molecule has 0 saturated heterocycles. The molecule has 0 fully saturated rings. The molecule has 0 aliphatic rings. The number of para-hydroxylation sites is 2. The van der Waals surface area contributed by atoms with E-state index < -0.39 is 4.92 Å². The number of imidazole rings is 1. The summed E-state index contributed by atoms with van der Waals surface area (Å²) in [4.78, 5) is 18.0. The zero-order chi connectivity index (χ0) is 13.4. The highest BCUT2D eigenvalue weighted by molar-refractivity contribution is 9.10. The van der Waals surface area contributed by atoms with Gasteiger partial charge in [-0.25, -0.2) is 4.98 Å². The number of nitrogens with zero attached hydrogens (tertiary/aromatic N) is 2. The third kappa shape index (κ3) is 2.10. The van der Waals surface area contributed by atoms with Gasteiger partial charge in [-0.05, 0) is 18.2 Å². The van der Waals surface area contributed by atoms with Crippen LogP contribution in [0.4, 0.5) is 5.69 Å². The Bertz CT molecular complexity index is 749. The van der Waals surface area contributed by atoms with E-state index in [1.807, 2.05) is 24.3 Å². The van der Waals surface area contributed by atoms with Crippen LogP contribution in [0, 0.1) is 10.1 Å². The number of H-pyrrole nitrogens is 1. The summed E-state index contributed by atoms with van der Waals surface area (Å²) in [6, 6.07) is 12.2. The minimum atomic E-state index is -0.418. The molecule has 0 saturated carbocycles. The monoisotopic (exact) mass is 317 g/mol. The van der Waals surface area contributed by atoms with Crippen LogP contribution in [0.25, 0.3) is 22.4 Å². The van der Waals surface area contributed by atoms with Crippen molar-refractivity contribution in [3.8, 4) is 11.4 Å². The molecule has 1 heterocycles. The molecular formula is C13H8BrN3O2. The number of benzene rings is 2. The molecule has 1 aromatic heterocycles. The highest BCUT2D eigenvalue weighted by Gasteiger charge is 2.13. The van der Waals surface area contributed by atoms with E-state index in [0.29, 0.717) is 11.4 Å². The van der Waals surface area contributed by atoms with Gasteiger partial charge in [0.15, 0.2) is 0 Å². The molecule has 0 aliphatic carbocycles. The second kappa shape index (κ2) is 4.47. The van der Waals surface area contributed by atoms with Crippen LogP contribution in [0.15, 0.2) is 46.9 Å². The first-order chi connectivity index (χ1) is 9.15. The van der Waals surface area contributed by atoms with Crippen molar-refractivity contribution in [1.29, 1.82) is 0 Å². The van der Waals surface area contributed by atoms with E-state index in [1.54, 1.807) is 6.07 Å². The Morgan fingerprint density at radius 1 is 1.21 bits per heavy atom. The summed E-state index contributed by atoms with van der Waals surface area (Å²) in [5, 5.41) is 10.8. The highest BCUT2D eigenvalue weighted by Crippen LogP contribution is 2.31. The van der Waals surface area contributed by atoms with Crippen molar-refractivity contribution in [3.05, 3.63) is 57.1 Å². The number of halogens is 1. The molecular weight excluding hydrogens is 310 g/mol. The molecule has 0 bridgehead atoms. The summed E-state index contributed by atoms with van der Waals surface area (Å²) < 4.78 is 0.761. The van der Waals surface area contributed by atoms with E-state index >= 15 is 0 Å². The number of nitro groups is 1. The summed E-state index contributed by atoms with van der Waals surface area (Å²) in [7, 11) is 0. The van der Waals surface area contributed by atoms with Crippen LogP contribution in [0.5, 0.6) is 0 Å². The maximum absolute atomic E-state index is 10.8. The summed E-state index contributed by atoms with van der Waals surface area (Å²) in [6.45, 7) is 0. The normalized spacial score (nSPS) is 10.8. The Hall–Kier alpha value is -2.21. The van der Waals surface area contributed by atoms with E-state index in [2.05, 4.69) is 25.9 Å². The van der Waals surface area contributed by atoms with Crippen molar-refractivity contribution in [1.82, 2.24) is 9.97 Å². The van der Waals surface area contributed by atoms with Crippen molar-refractivity contribution in [3.63, 3.8) is 0 Å². The number of hydrogen-bond donors (Lipinski definition) is 1. The largest absolute Gasteiger partial charge is 0.338 e. The number of rotatable bonds is 2. The lowest BCUT2D eigenvalue weighted by Gasteiger charge is -2.00. The van der Waals surface area contributed by atoms with Gasteiger partial charge in [0, 0.05) is 22.2 Å². The molecule has 0 amide bonds. The summed E-state index contributed by atoms with van der Waals surface area (Å²) in [5.74, 6) is 0.608. The molecule has 0 atom stereocenters. The molecule has 19 heavy (non-hydrogen) atoms. The zero-order valence-corrected chi connectivity index (χ0v) is 11.2. The van der Waals surface area contributed by atoms with Gasteiger partial charge in [0.1, 0.15) is 5.82 Å². The molecule has 94 valence electrons. The SMILES string of the molecule is O=[N+]([O-])c1ccc(Br)c(-c2nc3ccccc3[nH]2)c1. The van der Waals surface area contributed by atoms with E-state index in [1.165, 1.54) is 12.1 Å². The number of nitrogens with one attached hydrogen (secondary N) is 1. The average Bonchev–Trinajstić information content (AvgIpc) is 2.82. The fraction of sp³-hybridized carbons (Fsp3) is 0. The van der Waals surface area contributed by atoms with Crippen LogP contribution < -0.4 is 0 Å². The van der Waals surface area contributed by atoms with Crippen molar-refractivity contribution < 1.29 is 4.92 Å². The van der Waals surface area contributed by atoms with Crippen LogP contribution in [0.1, 0.15) is 0 Å². The topological polar surface area (TPSA) is 71.8 Å². The lowest BCUT2D eigenvalue weighted by molar-refractivity contribution is -0.384. The number of aromatic amines is 1. The van der Waals surface area contributed by atoms with Gasteiger partial charge < -0.3 is 4.98 Å². The van der Waals surface area contributed by atoms with Crippen molar-refractivity contribution in [2.24, 2.45) is 0 Å². The quantitative estimate of drug-likeness (QED) is 0.575. The summed E-state index contributed by atoms with van der Waals surface area (Å²) in [6.07, 6.45) is 0. The fourth-order valence-electron chi connectivity index (χ4n) is 1.89. The van der Waals surface area contributed by atoms with Gasteiger partial charge in [0.25, 0.3) is 5.69 Å². The Labute approximate surface area is 116 Å². The number of non-ortho nitro benzene ring substituents is 1. The van der Waals surface area contributed by atoms with Gasteiger partial charge in [-0.3, -0.25) is 10.1 Å². The Kier molecular flexibility index (Phi) is 2.79. The van der Waals surface area contributed by atoms with Crippen LogP contribution >= 0.6 is 15.9 Å². The van der Waals surface area contributed by atoms with E-state index in [0.717, 1.165) is 15.5 Å². The fourth-order valence-corrected chi connectivity index (χ4v) is 2.32. The lowest BCUT2D eigenvalue weighted by Crippen LogP contribution is -1.90. The predicted molar refractivity (Wildman–Crippen MR) is 75.9 cm³/mol. The molecule has 0 radical (unpaired) electrons. The highest BCUT2D eigenvalue weighted by atomic mass is 79.9. The Morgan fingerprint density at radius 2 is 2.00 bits per heavy atom. The maximum atomic E-state index is 10.8. The zero-order valence-electron chi connectivity index (χ0n) is 9.63. The second-order valence-electron chi connectivity index (χ2n) is 4.02. The predicted octanol–water partition coefficient (Wildman–Crippen LogP) is 3.90. The van der Waals surface area contributed by atoms with Gasteiger partial charge in [-0.2, -0.15) is 0 Å². The lowest BCUT2D eigenvalue weighted by atomic mass is 10.2. The van der Waals surface area contributed by atoms with Crippen LogP contribution in [-0.2, 0) is 0 Å². The second-order valence-corrected chi connectivity index (χ2v) is 4.88. The molecule has 5 nitrogen and oxygen atoms in total. The number of fused-ring (bicyclic) bond motifs is 1. The third-order valence-electron chi connectivity index (χ3n) is 2.81. The molecule has 0 spiro atoms. The molecule has 0 unspecified atom stereocenters. The molecule has 1 N–H and O–H groups in total. The van der Waals surface area contributed by atoms with Gasteiger partial charge in [0.05, 0.1) is 16.0 Å². The number of nitro benzene ring substituents is 1. The third-order valence-corrected chi connectivity index (χ3v) is 3.50. The van der Waals surface area contributed by atoms with Crippen LogP contribution in [0.2, 0.25) is 0 Å². The van der Waals surface area contributed by atoms with Gasteiger partial charge in [-0.15, -0.1) is 0 Å². The Morgan fingerprint density at radius 3 is 2.74 bits per heavy atom.